The van der Waals surface area contributed by atoms with Crippen LogP contribution in [0.4, 0.5) is 0 Å². The lowest BCUT2D eigenvalue weighted by Gasteiger charge is -2.13. The quantitative estimate of drug-likeness (QED) is 0.685. The van der Waals surface area contributed by atoms with Crippen LogP contribution in [-0.2, 0) is 9.47 Å². The Bertz CT molecular complexity index is 329. The predicted molar refractivity (Wildman–Crippen MR) is 71.9 cm³/mol. The Morgan fingerprint density at radius 1 is 1.11 bits per heavy atom. The van der Waals surface area contributed by atoms with E-state index >= 15 is 0 Å². The van der Waals surface area contributed by atoms with Crippen LogP contribution in [0.15, 0.2) is 24.3 Å². The second-order valence-corrected chi connectivity index (χ2v) is 4.13. The molecule has 0 unspecified atom stereocenters. The zero-order valence-corrected chi connectivity index (χ0v) is 11.2. The highest BCUT2D eigenvalue weighted by molar-refractivity contribution is 5.35. The van der Waals surface area contributed by atoms with Crippen molar-refractivity contribution in [3.63, 3.8) is 0 Å². The van der Waals surface area contributed by atoms with Crippen LogP contribution in [0.3, 0.4) is 0 Å². The molecule has 1 atom stereocenters. The minimum atomic E-state index is -0.0147. The zero-order valence-electron chi connectivity index (χ0n) is 11.2. The molecule has 1 aromatic carbocycles. The monoisotopic (exact) mass is 253 g/mol. The standard InChI is InChI=1S/C14H23NO3/c1-12(15)13-6-3-4-7-14(13)18-9-5-8-17-11-10-16-2/h3-4,6-7,12H,5,8-11,15H2,1-2H3/t12-/m0/s1. The molecule has 1 aromatic rings. The fourth-order valence-electron chi connectivity index (χ4n) is 1.58. The van der Waals surface area contributed by atoms with Crippen molar-refractivity contribution in [2.45, 2.75) is 19.4 Å². The van der Waals surface area contributed by atoms with Crippen LogP contribution in [0.1, 0.15) is 24.9 Å². The summed E-state index contributed by atoms with van der Waals surface area (Å²) in [6, 6.07) is 7.86. The number of para-hydroxylation sites is 1. The van der Waals surface area contributed by atoms with Gasteiger partial charge in [0.2, 0.25) is 0 Å². The van der Waals surface area contributed by atoms with Crippen LogP contribution in [0, 0.1) is 0 Å². The van der Waals surface area contributed by atoms with Crippen molar-refractivity contribution in [2.75, 3.05) is 33.5 Å². The van der Waals surface area contributed by atoms with E-state index in [1.54, 1.807) is 7.11 Å². The molecule has 0 saturated heterocycles. The van der Waals surface area contributed by atoms with Gasteiger partial charge in [-0.2, -0.15) is 0 Å². The molecule has 0 bridgehead atoms. The van der Waals surface area contributed by atoms with E-state index in [1.807, 2.05) is 31.2 Å². The van der Waals surface area contributed by atoms with Gasteiger partial charge in [-0.1, -0.05) is 18.2 Å². The molecule has 0 saturated carbocycles. The third-order valence-corrected chi connectivity index (χ3v) is 2.53. The number of hydrogen-bond donors (Lipinski definition) is 1. The molecule has 0 aromatic heterocycles. The van der Waals surface area contributed by atoms with Gasteiger partial charge in [-0.25, -0.2) is 0 Å². The minimum absolute atomic E-state index is 0.0147. The number of methoxy groups -OCH3 is 1. The van der Waals surface area contributed by atoms with Gasteiger partial charge in [0.25, 0.3) is 0 Å². The molecular formula is C14H23NO3. The van der Waals surface area contributed by atoms with Crippen molar-refractivity contribution >= 4 is 0 Å². The molecular weight excluding hydrogens is 230 g/mol. The Kier molecular flexibility index (Phi) is 7.41. The van der Waals surface area contributed by atoms with Crippen LogP contribution in [0.25, 0.3) is 0 Å². The van der Waals surface area contributed by atoms with Crippen molar-refractivity contribution in [3.8, 4) is 5.75 Å². The summed E-state index contributed by atoms with van der Waals surface area (Å²) < 4.78 is 16.0. The predicted octanol–water partition coefficient (Wildman–Crippen LogP) is 2.14. The fourth-order valence-corrected chi connectivity index (χ4v) is 1.58. The molecule has 0 aliphatic heterocycles. The van der Waals surface area contributed by atoms with E-state index in [0.717, 1.165) is 17.7 Å². The van der Waals surface area contributed by atoms with E-state index in [4.69, 9.17) is 19.9 Å². The molecule has 4 nitrogen and oxygen atoms in total. The first-order chi connectivity index (χ1) is 8.75. The highest BCUT2D eigenvalue weighted by Gasteiger charge is 2.06. The second-order valence-electron chi connectivity index (χ2n) is 4.13. The van der Waals surface area contributed by atoms with Gasteiger partial charge in [0.1, 0.15) is 5.75 Å². The Morgan fingerprint density at radius 2 is 1.89 bits per heavy atom. The van der Waals surface area contributed by atoms with Gasteiger partial charge in [0.15, 0.2) is 0 Å². The van der Waals surface area contributed by atoms with Crippen LogP contribution >= 0.6 is 0 Å². The maximum Gasteiger partial charge on any atom is 0.124 e. The highest BCUT2D eigenvalue weighted by Crippen LogP contribution is 2.23. The molecule has 0 fully saturated rings. The summed E-state index contributed by atoms with van der Waals surface area (Å²) in [7, 11) is 1.66. The highest BCUT2D eigenvalue weighted by atomic mass is 16.5. The lowest BCUT2D eigenvalue weighted by atomic mass is 10.1. The summed E-state index contributed by atoms with van der Waals surface area (Å²) in [5, 5.41) is 0. The number of ether oxygens (including phenoxy) is 3. The number of nitrogens with two attached hydrogens (primary N) is 1. The summed E-state index contributed by atoms with van der Waals surface area (Å²) in [4.78, 5) is 0. The molecule has 4 heteroatoms. The van der Waals surface area contributed by atoms with Gasteiger partial charge in [0, 0.05) is 31.7 Å². The molecule has 0 radical (unpaired) electrons. The third-order valence-electron chi connectivity index (χ3n) is 2.53. The van der Waals surface area contributed by atoms with E-state index in [2.05, 4.69) is 0 Å². The summed E-state index contributed by atoms with van der Waals surface area (Å²) in [6.45, 7) is 4.54. The Hall–Kier alpha value is -1.10. The molecule has 102 valence electrons. The van der Waals surface area contributed by atoms with Crippen molar-refractivity contribution in [1.82, 2.24) is 0 Å². The van der Waals surface area contributed by atoms with Crippen LogP contribution in [0.5, 0.6) is 5.75 Å². The van der Waals surface area contributed by atoms with Crippen LogP contribution < -0.4 is 10.5 Å². The second kappa shape index (κ2) is 8.91. The largest absolute Gasteiger partial charge is 0.493 e. The molecule has 0 aliphatic carbocycles. The molecule has 2 N–H and O–H groups in total. The van der Waals surface area contributed by atoms with E-state index in [0.29, 0.717) is 26.4 Å². The van der Waals surface area contributed by atoms with E-state index < -0.39 is 0 Å². The van der Waals surface area contributed by atoms with Crippen LogP contribution in [0.2, 0.25) is 0 Å². The van der Waals surface area contributed by atoms with Gasteiger partial charge in [0.05, 0.1) is 19.8 Å². The normalized spacial score (nSPS) is 12.4. The SMILES string of the molecule is COCCOCCCOc1ccccc1[C@H](C)N. The molecule has 0 spiro atoms. The first-order valence-corrected chi connectivity index (χ1v) is 6.29. The zero-order chi connectivity index (χ0) is 13.2. The Balaban J connectivity index is 2.23. The fraction of sp³-hybridized carbons (Fsp3) is 0.571. The molecule has 18 heavy (non-hydrogen) atoms. The molecule has 1 rings (SSSR count). The first kappa shape index (κ1) is 15.0. The summed E-state index contributed by atoms with van der Waals surface area (Å²) >= 11 is 0. The average molecular weight is 253 g/mol. The lowest BCUT2D eigenvalue weighted by Crippen LogP contribution is -2.10. The van der Waals surface area contributed by atoms with E-state index in [1.165, 1.54) is 0 Å². The summed E-state index contributed by atoms with van der Waals surface area (Å²) in [6.07, 6.45) is 0.858. The van der Waals surface area contributed by atoms with Crippen LogP contribution in [-0.4, -0.2) is 33.5 Å². The van der Waals surface area contributed by atoms with Crippen molar-refractivity contribution in [3.05, 3.63) is 29.8 Å². The van der Waals surface area contributed by atoms with Gasteiger partial charge in [-0.3, -0.25) is 0 Å². The minimum Gasteiger partial charge on any atom is -0.493 e. The van der Waals surface area contributed by atoms with Crippen molar-refractivity contribution in [1.29, 1.82) is 0 Å². The third kappa shape index (κ3) is 5.49. The van der Waals surface area contributed by atoms with Crippen molar-refractivity contribution in [2.24, 2.45) is 5.73 Å². The van der Waals surface area contributed by atoms with Gasteiger partial charge in [-0.05, 0) is 13.0 Å². The van der Waals surface area contributed by atoms with Crippen molar-refractivity contribution < 1.29 is 14.2 Å². The lowest BCUT2D eigenvalue weighted by molar-refractivity contribution is 0.0644. The van der Waals surface area contributed by atoms with E-state index in [-0.39, 0.29) is 6.04 Å². The smallest absolute Gasteiger partial charge is 0.124 e. The molecule has 0 amide bonds. The number of hydrogen-bond acceptors (Lipinski definition) is 4. The Labute approximate surface area is 109 Å². The average Bonchev–Trinajstić information content (AvgIpc) is 2.38. The van der Waals surface area contributed by atoms with Gasteiger partial charge in [-0.15, -0.1) is 0 Å². The first-order valence-electron chi connectivity index (χ1n) is 6.29. The molecule has 0 aliphatic rings. The number of rotatable bonds is 9. The maximum atomic E-state index is 5.88. The van der Waals surface area contributed by atoms with Gasteiger partial charge >= 0.3 is 0 Å². The number of benzene rings is 1. The maximum absolute atomic E-state index is 5.88. The topological polar surface area (TPSA) is 53.7 Å². The van der Waals surface area contributed by atoms with Gasteiger partial charge < -0.3 is 19.9 Å². The molecule has 0 heterocycles. The summed E-state index contributed by atoms with van der Waals surface area (Å²) in [5.74, 6) is 0.865. The summed E-state index contributed by atoms with van der Waals surface area (Å²) in [5.41, 5.74) is 6.92. The van der Waals surface area contributed by atoms with E-state index in [9.17, 15) is 0 Å². The Morgan fingerprint density at radius 3 is 2.61 bits per heavy atom.